The maximum absolute atomic E-state index is 13.5. The molecular formula is C17H13F2N3O3. The first-order chi connectivity index (χ1) is 12.0. The number of aromatic nitrogens is 2. The molecule has 25 heavy (non-hydrogen) atoms. The summed E-state index contributed by atoms with van der Waals surface area (Å²) in [5.41, 5.74) is 0.0831. The van der Waals surface area contributed by atoms with Crippen molar-refractivity contribution in [3.05, 3.63) is 76.3 Å². The molecule has 3 rings (SSSR count). The van der Waals surface area contributed by atoms with Crippen LogP contribution in [-0.2, 0) is 17.9 Å². The van der Waals surface area contributed by atoms with Crippen molar-refractivity contribution in [2.45, 2.75) is 13.1 Å². The summed E-state index contributed by atoms with van der Waals surface area (Å²) in [4.78, 5) is 23.8. The molecule has 8 heteroatoms. The topological polar surface area (TPSA) is 77.1 Å². The lowest BCUT2D eigenvalue weighted by molar-refractivity contribution is -0.122. The number of amides is 1. The van der Waals surface area contributed by atoms with Crippen LogP contribution in [0.1, 0.15) is 5.56 Å². The Morgan fingerprint density at radius 1 is 1.20 bits per heavy atom. The minimum Gasteiger partial charge on any atom is -0.463 e. The standard InChI is InChI=1S/C17H13F2N3O3/c18-12-4-3-11(13(19)8-12)9-20-16(23)10-22-17(24)6-5-14(21-22)15-2-1-7-25-15/h1-8H,9-10H2,(H,20,23). The second-order valence-corrected chi connectivity index (χ2v) is 5.20. The molecule has 0 saturated carbocycles. The summed E-state index contributed by atoms with van der Waals surface area (Å²) in [6, 6.07) is 9.20. The number of benzene rings is 1. The highest BCUT2D eigenvalue weighted by Crippen LogP contribution is 2.15. The van der Waals surface area contributed by atoms with E-state index in [1.807, 2.05) is 0 Å². The Balaban J connectivity index is 1.68. The first-order valence-corrected chi connectivity index (χ1v) is 7.35. The van der Waals surface area contributed by atoms with Gasteiger partial charge in [0.25, 0.3) is 5.56 Å². The number of nitrogens with zero attached hydrogens (tertiary/aromatic N) is 2. The van der Waals surface area contributed by atoms with Gasteiger partial charge >= 0.3 is 0 Å². The van der Waals surface area contributed by atoms with Crippen molar-refractivity contribution in [2.24, 2.45) is 0 Å². The molecule has 0 fully saturated rings. The van der Waals surface area contributed by atoms with E-state index >= 15 is 0 Å². The van der Waals surface area contributed by atoms with E-state index in [0.717, 1.165) is 16.8 Å². The molecule has 1 N–H and O–H groups in total. The van der Waals surface area contributed by atoms with Gasteiger partial charge in [-0.1, -0.05) is 6.07 Å². The molecule has 6 nitrogen and oxygen atoms in total. The summed E-state index contributed by atoms with van der Waals surface area (Å²) in [6.45, 7) is -0.465. The van der Waals surface area contributed by atoms with E-state index in [-0.39, 0.29) is 18.7 Å². The van der Waals surface area contributed by atoms with Crippen LogP contribution in [-0.4, -0.2) is 15.7 Å². The first kappa shape index (κ1) is 16.6. The van der Waals surface area contributed by atoms with Crippen molar-refractivity contribution < 1.29 is 18.0 Å². The van der Waals surface area contributed by atoms with Crippen molar-refractivity contribution in [1.82, 2.24) is 15.1 Å². The van der Waals surface area contributed by atoms with Crippen LogP contribution in [0.15, 0.2) is 57.9 Å². The van der Waals surface area contributed by atoms with E-state index < -0.39 is 23.1 Å². The third-order valence-corrected chi connectivity index (χ3v) is 3.42. The molecule has 2 heterocycles. The van der Waals surface area contributed by atoms with E-state index in [2.05, 4.69) is 10.4 Å². The average Bonchev–Trinajstić information content (AvgIpc) is 3.10. The average molecular weight is 345 g/mol. The molecule has 0 bridgehead atoms. The molecular weight excluding hydrogens is 332 g/mol. The molecule has 0 aliphatic carbocycles. The van der Waals surface area contributed by atoms with Crippen LogP contribution in [0.25, 0.3) is 11.5 Å². The Kier molecular flexibility index (Phi) is 4.69. The van der Waals surface area contributed by atoms with Crippen molar-refractivity contribution in [3.8, 4) is 11.5 Å². The maximum atomic E-state index is 13.5. The summed E-state index contributed by atoms with van der Waals surface area (Å²) >= 11 is 0. The summed E-state index contributed by atoms with van der Waals surface area (Å²) < 4.78 is 32.6. The number of halogens is 2. The van der Waals surface area contributed by atoms with Gasteiger partial charge < -0.3 is 9.73 Å². The maximum Gasteiger partial charge on any atom is 0.267 e. The number of carbonyl (C=O) groups is 1. The third kappa shape index (κ3) is 3.97. The molecule has 0 saturated heterocycles. The van der Waals surface area contributed by atoms with E-state index in [1.54, 1.807) is 12.1 Å². The van der Waals surface area contributed by atoms with Crippen LogP contribution in [0.3, 0.4) is 0 Å². The zero-order chi connectivity index (χ0) is 17.8. The van der Waals surface area contributed by atoms with Gasteiger partial charge in [0, 0.05) is 24.2 Å². The summed E-state index contributed by atoms with van der Waals surface area (Å²) in [5, 5.41) is 6.53. The van der Waals surface area contributed by atoms with E-state index in [1.165, 1.54) is 24.5 Å². The Labute approximate surface area is 140 Å². The highest BCUT2D eigenvalue weighted by molar-refractivity contribution is 5.75. The van der Waals surface area contributed by atoms with Gasteiger partial charge in [-0.05, 0) is 24.3 Å². The van der Waals surface area contributed by atoms with Crippen LogP contribution < -0.4 is 10.9 Å². The predicted molar refractivity (Wildman–Crippen MR) is 84.4 cm³/mol. The minimum absolute atomic E-state index is 0.127. The lowest BCUT2D eigenvalue weighted by Gasteiger charge is -2.08. The molecule has 0 atom stereocenters. The third-order valence-electron chi connectivity index (χ3n) is 3.42. The van der Waals surface area contributed by atoms with Crippen LogP contribution in [0.5, 0.6) is 0 Å². The van der Waals surface area contributed by atoms with Gasteiger partial charge in [0.15, 0.2) is 5.76 Å². The van der Waals surface area contributed by atoms with E-state index in [9.17, 15) is 18.4 Å². The Morgan fingerprint density at radius 2 is 2.04 bits per heavy atom. The molecule has 0 aliphatic rings. The van der Waals surface area contributed by atoms with Gasteiger partial charge in [-0.2, -0.15) is 5.10 Å². The fourth-order valence-corrected chi connectivity index (χ4v) is 2.17. The number of nitrogens with one attached hydrogen (secondary N) is 1. The second kappa shape index (κ2) is 7.08. The van der Waals surface area contributed by atoms with Gasteiger partial charge in [0.05, 0.1) is 6.26 Å². The van der Waals surface area contributed by atoms with Crippen molar-refractivity contribution in [1.29, 1.82) is 0 Å². The highest BCUT2D eigenvalue weighted by atomic mass is 19.1. The lowest BCUT2D eigenvalue weighted by atomic mass is 10.2. The molecule has 2 aromatic heterocycles. The summed E-state index contributed by atoms with van der Waals surface area (Å²) in [7, 11) is 0. The van der Waals surface area contributed by atoms with Gasteiger partial charge in [-0.15, -0.1) is 0 Å². The molecule has 0 spiro atoms. The fraction of sp³-hybridized carbons (Fsp3) is 0.118. The largest absolute Gasteiger partial charge is 0.463 e. The predicted octanol–water partition coefficient (Wildman–Crippen LogP) is 2.10. The number of rotatable bonds is 5. The van der Waals surface area contributed by atoms with Crippen molar-refractivity contribution in [2.75, 3.05) is 0 Å². The molecule has 1 aromatic carbocycles. The van der Waals surface area contributed by atoms with Gasteiger partial charge in [-0.3, -0.25) is 9.59 Å². The summed E-state index contributed by atoms with van der Waals surface area (Å²) in [5.74, 6) is -1.52. The molecule has 0 radical (unpaired) electrons. The normalized spacial score (nSPS) is 10.6. The quantitative estimate of drug-likeness (QED) is 0.768. The molecule has 1 amide bonds. The lowest BCUT2D eigenvalue weighted by Crippen LogP contribution is -2.33. The second-order valence-electron chi connectivity index (χ2n) is 5.20. The number of hydrogen-bond donors (Lipinski definition) is 1. The Bertz CT molecular complexity index is 952. The molecule has 0 unspecified atom stereocenters. The zero-order valence-electron chi connectivity index (χ0n) is 12.9. The zero-order valence-corrected chi connectivity index (χ0v) is 12.9. The number of furan rings is 1. The van der Waals surface area contributed by atoms with Crippen LogP contribution in [0.2, 0.25) is 0 Å². The van der Waals surface area contributed by atoms with Gasteiger partial charge in [0.1, 0.15) is 23.9 Å². The van der Waals surface area contributed by atoms with Crippen LogP contribution in [0, 0.1) is 11.6 Å². The molecule has 0 aliphatic heterocycles. The van der Waals surface area contributed by atoms with E-state index in [0.29, 0.717) is 11.5 Å². The molecule has 128 valence electrons. The van der Waals surface area contributed by atoms with Crippen molar-refractivity contribution in [3.63, 3.8) is 0 Å². The smallest absolute Gasteiger partial charge is 0.267 e. The van der Waals surface area contributed by atoms with Crippen LogP contribution >= 0.6 is 0 Å². The number of hydrogen-bond acceptors (Lipinski definition) is 4. The highest BCUT2D eigenvalue weighted by Gasteiger charge is 2.10. The summed E-state index contributed by atoms with van der Waals surface area (Å²) in [6.07, 6.45) is 1.47. The number of carbonyl (C=O) groups excluding carboxylic acids is 1. The monoisotopic (exact) mass is 345 g/mol. The van der Waals surface area contributed by atoms with Gasteiger partial charge in [0.2, 0.25) is 5.91 Å². The molecule has 3 aromatic rings. The first-order valence-electron chi connectivity index (χ1n) is 7.35. The van der Waals surface area contributed by atoms with Crippen molar-refractivity contribution >= 4 is 5.91 Å². The Morgan fingerprint density at radius 3 is 2.76 bits per heavy atom. The minimum atomic E-state index is -0.754. The van der Waals surface area contributed by atoms with Gasteiger partial charge in [-0.25, -0.2) is 13.5 Å². The Hall–Kier alpha value is -3.29. The van der Waals surface area contributed by atoms with E-state index in [4.69, 9.17) is 4.42 Å². The van der Waals surface area contributed by atoms with Crippen LogP contribution in [0.4, 0.5) is 8.78 Å². The SMILES string of the molecule is O=C(Cn1nc(-c2ccco2)ccc1=O)NCc1ccc(F)cc1F. The fourth-order valence-electron chi connectivity index (χ4n) is 2.17.